The fraction of sp³-hybridized carbons (Fsp3) is 0.750. The highest BCUT2D eigenvalue weighted by Gasteiger charge is 2.37. The van der Waals surface area contributed by atoms with Crippen molar-refractivity contribution in [1.82, 2.24) is 5.32 Å². The normalized spacial score (nSPS) is 40.4. The van der Waals surface area contributed by atoms with Gasteiger partial charge in [0.15, 0.2) is 0 Å². The standard InChI is InChI=1S/C12H17NOS/c14-11-5-1-3-9-8(11)7-12-10(13-9)4-2-6-15-12/h7-10,13H,1-6H2. The van der Waals surface area contributed by atoms with E-state index in [0.717, 1.165) is 12.8 Å². The number of ketones is 1. The molecule has 0 aromatic heterocycles. The highest BCUT2D eigenvalue weighted by atomic mass is 32.2. The van der Waals surface area contributed by atoms with Gasteiger partial charge in [-0.05, 0) is 36.3 Å². The van der Waals surface area contributed by atoms with Crippen LogP contribution >= 0.6 is 11.8 Å². The number of carbonyl (C=O) groups is 1. The Hall–Kier alpha value is -0.280. The largest absolute Gasteiger partial charge is 0.306 e. The summed E-state index contributed by atoms with van der Waals surface area (Å²) < 4.78 is 0. The van der Waals surface area contributed by atoms with Crippen molar-refractivity contribution >= 4 is 17.5 Å². The van der Waals surface area contributed by atoms with Gasteiger partial charge in [0.05, 0.1) is 5.92 Å². The number of rotatable bonds is 0. The second-order valence-corrected chi connectivity index (χ2v) is 5.94. The average Bonchev–Trinajstić information content (AvgIpc) is 2.27. The van der Waals surface area contributed by atoms with Crippen molar-refractivity contribution in [2.45, 2.75) is 44.2 Å². The monoisotopic (exact) mass is 223 g/mol. The molecule has 0 radical (unpaired) electrons. The van der Waals surface area contributed by atoms with Crippen LogP contribution in [0.5, 0.6) is 0 Å². The van der Waals surface area contributed by atoms with Crippen molar-refractivity contribution in [3.63, 3.8) is 0 Å². The SMILES string of the molecule is O=C1CCCC2NC3CCCSC3=CC12. The van der Waals surface area contributed by atoms with Crippen molar-refractivity contribution < 1.29 is 4.79 Å². The molecule has 2 fully saturated rings. The third kappa shape index (κ3) is 1.76. The van der Waals surface area contributed by atoms with E-state index >= 15 is 0 Å². The number of hydrogen-bond donors (Lipinski definition) is 1. The van der Waals surface area contributed by atoms with Crippen LogP contribution in [0.1, 0.15) is 32.1 Å². The third-order valence-electron chi connectivity index (χ3n) is 3.75. The van der Waals surface area contributed by atoms with Gasteiger partial charge < -0.3 is 5.32 Å². The summed E-state index contributed by atoms with van der Waals surface area (Å²) in [4.78, 5) is 13.3. The number of carbonyl (C=O) groups excluding carboxylic acids is 1. The third-order valence-corrected chi connectivity index (χ3v) is 5.00. The first-order valence-electron chi connectivity index (χ1n) is 5.98. The van der Waals surface area contributed by atoms with Gasteiger partial charge in [-0.2, -0.15) is 0 Å². The molecule has 2 nitrogen and oxygen atoms in total. The molecule has 3 heteroatoms. The topological polar surface area (TPSA) is 29.1 Å². The van der Waals surface area contributed by atoms with Crippen LogP contribution in [0.3, 0.4) is 0 Å². The maximum Gasteiger partial charge on any atom is 0.141 e. The molecule has 0 amide bonds. The number of Topliss-reactive ketones (excluding diaryl/α,β-unsaturated/α-hetero) is 1. The average molecular weight is 223 g/mol. The van der Waals surface area contributed by atoms with E-state index in [0.29, 0.717) is 17.9 Å². The molecule has 2 heterocycles. The van der Waals surface area contributed by atoms with Crippen molar-refractivity contribution in [3.05, 3.63) is 11.0 Å². The van der Waals surface area contributed by atoms with Gasteiger partial charge in [-0.1, -0.05) is 6.08 Å². The van der Waals surface area contributed by atoms with Gasteiger partial charge in [0.2, 0.25) is 0 Å². The Balaban J connectivity index is 1.86. The number of nitrogens with one attached hydrogen (secondary N) is 1. The Labute approximate surface area is 94.9 Å². The summed E-state index contributed by atoms with van der Waals surface area (Å²) in [7, 11) is 0. The smallest absolute Gasteiger partial charge is 0.141 e. The van der Waals surface area contributed by atoms with Gasteiger partial charge >= 0.3 is 0 Å². The zero-order valence-corrected chi connectivity index (χ0v) is 9.69. The molecule has 1 saturated heterocycles. The molecule has 2 aliphatic heterocycles. The summed E-state index contributed by atoms with van der Waals surface area (Å²) in [6.45, 7) is 0. The molecule has 1 saturated carbocycles. The minimum Gasteiger partial charge on any atom is -0.306 e. The van der Waals surface area contributed by atoms with E-state index in [-0.39, 0.29) is 5.92 Å². The first-order valence-corrected chi connectivity index (χ1v) is 6.96. The van der Waals surface area contributed by atoms with Crippen LogP contribution in [0.4, 0.5) is 0 Å². The molecular weight excluding hydrogens is 206 g/mol. The fourth-order valence-corrected chi connectivity index (χ4v) is 4.12. The molecular formula is C12H17NOS. The fourth-order valence-electron chi connectivity index (χ4n) is 2.95. The van der Waals surface area contributed by atoms with Gasteiger partial charge in [0.25, 0.3) is 0 Å². The number of hydrogen-bond acceptors (Lipinski definition) is 3. The van der Waals surface area contributed by atoms with E-state index < -0.39 is 0 Å². The van der Waals surface area contributed by atoms with Crippen LogP contribution in [0.2, 0.25) is 0 Å². The number of fused-ring (bicyclic) bond motifs is 2. The molecule has 3 aliphatic rings. The molecule has 0 bridgehead atoms. The van der Waals surface area contributed by atoms with Crippen LogP contribution in [-0.4, -0.2) is 23.6 Å². The van der Waals surface area contributed by atoms with Crippen molar-refractivity contribution in [2.24, 2.45) is 5.92 Å². The van der Waals surface area contributed by atoms with E-state index in [1.165, 1.54) is 29.9 Å². The Kier molecular flexibility index (Phi) is 2.61. The van der Waals surface area contributed by atoms with E-state index in [1.807, 2.05) is 11.8 Å². The lowest BCUT2D eigenvalue weighted by Crippen LogP contribution is -2.51. The first kappa shape index (κ1) is 9.91. The summed E-state index contributed by atoms with van der Waals surface area (Å²) in [6, 6.07) is 1.01. The lowest BCUT2D eigenvalue weighted by molar-refractivity contribution is -0.124. The van der Waals surface area contributed by atoms with Crippen LogP contribution < -0.4 is 5.32 Å². The molecule has 15 heavy (non-hydrogen) atoms. The van der Waals surface area contributed by atoms with E-state index in [1.54, 1.807) is 0 Å². The summed E-state index contributed by atoms with van der Waals surface area (Å²) >= 11 is 1.95. The van der Waals surface area contributed by atoms with Gasteiger partial charge in [-0.25, -0.2) is 0 Å². The highest BCUT2D eigenvalue weighted by molar-refractivity contribution is 8.03. The van der Waals surface area contributed by atoms with Crippen LogP contribution in [0.25, 0.3) is 0 Å². The predicted octanol–water partition coefficient (Wildman–Crippen LogP) is 2.11. The van der Waals surface area contributed by atoms with Gasteiger partial charge in [0.1, 0.15) is 5.78 Å². The summed E-state index contributed by atoms with van der Waals surface area (Å²) in [6.07, 6.45) is 7.90. The first-order chi connectivity index (χ1) is 7.34. The Bertz CT molecular complexity index is 313. The predicted molar refractivity (Wildman–Crippen MR) is 62.8 cm³/mol. The molecule has 3 unspecified atom stereocenters. The molecule has 82 valence electrons. The minimum absolute atomic E-state index is 0.190. The summed E-state index contributed by atoms with van der Waals surface area (Å²) in [5.41, 5.74) is 0. The Morgan fingerprint density at radius 3 is 3.20 bits per heavy atom. The van der Waals surface area contributed by atoms with E-state index in [4.69, 9.17) is 0 Å². The van der Waals surface area contributed by atoms with Crippen LogP contribution in [0.15, 0.2) is 11.0 Å². The van der Waals surface area contributed by atoms with Crippen molar-refractivity contribution in [3.8, 4) is 0 Å². The maximum absolute atomic E-state index is 11.8. The molecule has 3 rings (SSSR count). The second-order valence-electron chi connectivity index (χ2n) is 4.77. The zero-order chi connectivity index (χ0) is 10.3. The number of thioether (sulfide) groups is 1. The summed E-state index contributed by atoms with van der Waals surface area (Å²) in [5.74, 6) is 1.88. The molecule has 0 spiro atoms. The van der Waals surface area contributed by atoms with Crippen LogP contribution in [-0.2, 0) is 4.79 Å². The van der Waals surface area contributed by atoms with Gasteiger partial charge in [0, 0.05) is 18.5 Å². The second kappa shape index (κ2) is 3.95. The van der Waals surface area contributed by atoms with Crippen LogP contribution in [0, 0.1) is 5.92 Å². The van der Waals surface area contributed by atoms with Gasteiger partial charge in [-0.15, -0.1) is 11.8 Å². The van der Waals surface area contributed by atoms with Crippen molar-refractivity contribution in [1.29, 1.82) is 0 Å². The molecule has 0 aromatic rings. The highest BCUT2D eigenvalue weighted by Crippen LogP contribution is 2.37. The quantitative estimate of drug-likeness (QED) is 0.682. The van der Waals surface area contributed by atoms with E-state index in [9.17, 15) is 4.79 Å². The lowest BCUT2D eigenvalue weighted by atomic mass is 9.80. The van der Waals surface area contributed by atoms with Crippen molar-refractivity contribution in [2.75, 3.05) is 5.75 Å². The molecule has 1 aliphatic carbocycles. The van der Waals surface area contributed by atoms with Gasteiger partial charge in [-0.3, -0.25) is 4.79 Å². The lowest BCUT2D eigenvalue weighted by Gasteiger charge is -2.40. The van der Waals surface area contributed by atoms with E-state index in [2.05, 4.69) is 11.4 Å². The summed E-state index contributed by atoms with van der Waals surface area (Å²) in [5, 5.41) is 3.68. The zero-order valence-electron chi connectivity index (χ0n) is 8.87. The minimum atomic E-state index is 0.190. The Morgan fingerprint density at radius 2 is 2.27 bits per heavy atom. The molecule has 3 atom stereocenters. The molecule has 0 aromatic carbocycles. The molecule has 1 N–H and O–H groups in total. The Morgan fingerprint density at radius 1 is 1.33 bits per heavy atom. The maximum atomic E-state index is 11.8.